The van der Waals surface area contributed by atoms with E-state index in [1.165, 1.54) is 0 Å². The van der Waals surface area contributed by atoms with Crippen LogP contribution in [0.2, 0.25) is 0 Å². The number of aromatic hydroxyl groups is 1. The smallest absolute Gasteiger partial charge is 0.255 e. The average Bonchev–Trinajstić information content (AvgIpc) is 2.99. The molecular formula is C21H24F2N4O. The lowest BCUT2D eigenvalue weighted by Crippen LogP contribution is -2.47. The average molecular weight is 386 g/mol. The van der Waals surface area contributed by atoms with Crippen molar-refractivity contribution in [2.24, 2.45) is 5.92 Å². The van der Waals surface area contributed by atoms with Gasteiger partial charge in [0.05, 0.1) is 18.2 Å². The van der Waals surface area contributed by atoms with Crippen LogP contribution >= 0.6 is 0 Å². The van der Waals surface area contributed by atoms with E-state index in [0.717, 1.165) is 16.5 Å². The Labute approximate surface area is 162 Å². The van der Waals surface area contributed by atoms with Crippen molar-refractivity contribution in [1.82, 2.24) is 19.7 Å². The third-order valence-electron chi connectivity index (χ3n) is 5.50. The molecule has 4 rings (SSSR count). The zero-order chi connectivity index (χ0) is 20.1. The SMILES string of the molecule is Cc1cc(C)c(-c2ccc3cn(C[C@H]4CN(C)CCC4(F)F)nc3n2)c(O)c1. The molecule has 7 heteroatoms. The molecule has 0 aliphatic carbocycles. The quantitative estimate of drug-likeness (QED) is 0.739. The molecule has 0 spiro atoms. The van der Waals surface area contributed by atoms with Crippen LogP contribution in [-0.4, -0.2) is 50.8 Å². The summed E-state index contributed by atoms with van der Waals surface area (Å²) in [5.41, 5.74) is 3.68. The summed E-state index contributed by atoms with van der Waals surface area (Å²) in [6, 6.07) is 7.38. The molecule has 5 nitrogen and oxygen atoms in total. The van der Waals surface area contributed by atoms with Gasteiger partial charge in [0, 0.05) is 36.7 Å². The first-order chi connectivity index (χ1) is 13.2. The number of alkyl halides is 2. The molecule has 0 amide bonds. The predicted octanol–water partition coefficient (Wildman–Crippen LogP) is 4.01. The van der Waals surface area contributed by atoms with Crippen molar-refractivity contribution in [2.45, 2.75) is 32.7 Å². The number of piperidine rings is 1. The van der Waals surface area contributed by atoms with E-state index in [1.54, 1.807) is 16.9 Å². The third-order valence-corrected chi connectivity index (χ3v) is 5.50. The van der Waals surface area contributed by atoms with Gasteiger partial charge in [0.15, 0.2) is 5.65 Å². The Morgan fingerprint density at radius 3 is 2.79 bits per heavy atom. The Balaban J connectivity index is 1.66. The molecule has 0 radical (unpaired) electrons. The maximum absolute atomic E-state index is 14.3. The van der Waals surface area contributed by atoms with E-state index in [2.05, 4.69) is 10.1 Å². The number of hydrogen-bond donors (Lipinski definition) is 1. The van der Waals surface area contributed by atoms with Crippen LogP contribution in [0.4, 0.5) is 8.78 Å². The normalized spacial score (nSPS) is 20.0. The van der Waals surface area contributed by atoms with E-state index in [4.69, 9.17) is 0 Å². The number of nitrogens with zero attached hydrogens (tertiary/aromatic N) is 4. The summed E-state index contributed by atoms with van der Waals surface area (Å²) in [5, 5.41) is 15.6. The lowest BCUT2D eigenvalue weighted by molar-refractivity contribution is -0.107. The van der Waals surface area contributed by atoms with Crippen molar-refractivity contribution in [1.29, 1.82) is 0 Å². The van der Waals surface area contributed by atoms with Crippen molar-refractivity contribution in [3.8, 4) is 17.0 Å². The van der Waals surface area contributed by atoms with Gasteiger partial charge < -0.3 is 10.0 Å². The van der Waals surface area contributed by atoms with E-state index >= 15 is 0 Å². The monoisotopic (exact) mass is 386 g/mol. The number of pyridine rings is 1. The van der Waals surface area contributed by atoms with Crippen molar-refractivity contribution >= 4 is 11.0 Å². The predicted molar refractivity (Wildman–Crippen MR) is 105 cm³/mol. The molecule has 1 aromatic carbocycles. The summed E-state index contributed by atoms with van der Waals surface area (Å²) in [6.45, 7) is 4.76. The minimum absolute atomic E-state index is 0.122. The first-order valence-electron chi connectivity index (χ1n) is 9.44. The van der Waals surface area contributed by atoms with Crippen LogP contribution in [-0.2, 0) is 6.54 Å². The molecule has 1 fully saturated rings. The number of halogens is 2. The lowest BCUT2D eigenvalue weighted by atomic mass is 9.94. The number of hydrogen-bond acceptors (Lipinski definition) is 4. The molecule has 1 saturated heterocycles. The minimum atomic E-state index is -2.69. The van der Waals surface area contributed by atoms with Crippen molar-refractivity contribution < 1.29 is 13.9 Å². The van der Waals surface area contributed by atoms with Crippen LogP contribution in [0.25, 0.3) is 22.3 Å². The van der Waals surface area contributed by atoms with Crippen molar-refractivity contribution in [3.05, 3.63) is 41.6 Å². The van der Waals surface area contributed by atoms with Crippen LogP contribution in [0.1, 0.15) is 17.5 Å². The highest BCUT2D eigenvalue weighted by Crippen LogP contribution is 2.35. The highest BCUT2D eigenvalue weighted by molar-refractivity contribution is 5.80. The second kappa shape index (κ2) is 6.81. The third kappa shape index (κ3) is 3.46. The van der Waals surface area contributed by atoms with E-state index in [-0.39, 0.29) is 18.7 Å². The molecule has 1 atom stereocenters. The van der Waals surface area contributed by atoms with Crippen LogP contribution < -0.4 is 0 Å². The molecule has 1 aliphatic rings. The van der Waals surface area contributed by atoms with Gasteiger partial charge in [-0.1, -0.05) is 6.07 Å². The molecule has 28 heavy (non-hydrogen) atoms. The van der Waals surface area contributed by atoms with Gasteiger partial charge in [0.25, 0.3) is 5.92 Å². The maximum atomic E-state index is 14.3. The summed E-state index contributed by atoms with van der Waals surface area (Å²) in [5.74, 6) is -3.29. The lowest BCUT2D eigenvalue weighted by Gasteiger charge is -2.36. The molecule has 148 valence electrons. The molecule has 2 aromatic heterocycles. The second-order valence-corrected chi connectivity index (χ2v) is 7.91. The molecule has 3 aromatic rings. The fourth-order valence-corrected chi connectivity index (χ4v) is 4.02. The highest BCUT2D eigenvalue weighted by Gasteiger charge is 2.43. The van der Waals surface area contributed by atoms with Gasteiger partial charge in [-0.2, -0.15) is 5.10 Å². The fourth-order valence-electron chi connectivity index (χ4n) is 4.02. The number of rotatable bonds is 3. The van der Waals surface area contributed by atoms with Gasteiger partial charge >= 0.3 is 0 Å². The van der Waals surface area contributed by atoms with E-state index in [0.29, 0.717) is 30.0 Å². The molecule has 0 bridgehead atoms. The van der Waals surface area contributed by atoms with Gasteiger partial charge in [-0.3, -0.25) is 4.68 Å². The Hall–Kier alpha value is -2.54. The van der Waals surface area contributed by atoms with Crippen LogP contribution in [0.15, 0.2) is 30.5 Å². The zero-order valence-corrected chi connectivity index (χ0v) is 16.3. The zero-order valence-electron chi connectivity index (χ0n) is 16.3. The number of phenolic OH excluding ortho intramolecular Hbond substituents is 1. The van der Waals surface area contributed by atoms with Gasteiger partial charge in [-0.15, -0.1) is 0 Å². The van der Waals surface area contributed by atoms with Crippen molar-refractivity contribution in [2.75, 3.05) is 20.1 Å². The molecule has 3 heterocycles. The second-order valence-electron chi connectivity index (χ2n) is 7.91. The topological polar surface area (TPSA) is 54.2 Å². The number of fused-ring (bicyclic) bond motifs is 1. The van der Waals surface area contributed by atoms with E-state index < -0.39 is 11.8 Å². The summed E-state index contributed by atoms with van der Waals surface area (Å²) in [4.78, 5) is 6.51. The fraction of sp³-hybridized carbons (Fsp3) is 0.429. The Morgan fingerprint density at radius 1 is 1.25 bits per heavy atom. The largest absolute Gasteiger partial charge is 0.507 e. The molecule has 0 saturated carbocycles. The number of aromatic nitrogens is 3. The number of aryl methyl sites for hydroxylation is 2. The Bertz CT molecular complexity index is 1010. The van der Waals surface area contributed by atoms with Gasteiger partial charge in [0.2, 0.25) is 0 Å². The van der Waals surface area contributed by atoms with Gasteiger partial charge in [-0.25, -0.2) is 13.8 Å². The first kappa shape index (κ1) is 18.8. The van der Waals surface area contributed by atoms with E-state index in [1.807, 2.05) is 44.0 Å². The molecule has 0 unspecified atom stereocenters. The molecular weight excluding hydrogens is 362 g/mol. The number of phenols is 1. The van der Waals surface area contributed by atoms with Crippen LogP contribution in [0.5, 0.6) is 5.75 Å². The van der Waals surface area contributed by atoms with Gasteiger partial charge in [0.1, 0.15) is 5.75 Å². The Morgan fingerprint density at radius 2 is 2.04 bits per heavy atom. The summed E-state index contributed by atoms with van der Waals surface area (Å²) in [6.07, 6.45) is 1.64. The highest BCUT2D eigenvalue weighted by atomic mass is 19.3. The molecule has 1 aliphatic heterocycles. The van der Waals surface area contributed by atoms with Crippen molar-refractivity contribution in [3.63, 3.8) is 0 Å². The molecule has 1 N–H and O–H groups in total. The van der Waals surface area contributed by atoms with Crippen LogP contribution in [0, 0.1) is 19.8 Å². The minimum Gasteiger partial charge on any atom is -0.507 e. The number of benzene rings is 1. The van der Waals surface area contributed by atoms with Crippen LogP contribution in [0.3, 0.4) is 0 Å². The van der Waals surface area contributed by atoms with E-state index in [9.17, 15) is 13.9 Å². The standard InChI is InChI=1S/C21H24F2N4O/c1-13-8-14(2)19(18(28)9-13)17-5-4-15-10-27(25-20(15)24-17)12-16-11-26(3)7-6-21(16,22)23/h4-5,8-10,16,28H,6-7,11-12H2,1-3H3/t16-/m1/s1. The number of likely N-dealkylation sites (tertiary alicyclic amines) is 1. The van der Waals surface area contributed by atoms with Gasteiger partial charge in [-0.05, 0) is 50.2 Å². The Kier molecular flexibility index (Phi) is 4.57. The summed E-state index contributed by atoms with van der Waals surface area (Å²) < 4.78 is 30.1. The summed E-state index contributed by atoms with van der Waals surface area (Å²) >= 11 is 0. The summed E-state index contributed by atoms with van der Waals surface area (Å²) in [7, 11) is 1.87. The maximum Gasteiger partial charge on any atom is 0.255 e. The first-order valence-corrected chi connectivity index (χ1v) is 9.44.